The number of carbonyl (C=O) groups is 2. The first-order chi connectivity index (χ1) is 8.74. The molecular weight excluding hydrogens is 228 g/mol. The topological polar surface area (TPSA) is 49.4 Å². The van der Waals surface area contributed by atoms with Crippen LogP contribution in [0.2, 0.25) is 0 Å². The summed E-state index contributed by atoms with van der Waals surface area (Å²) in [5, 5.41) is 3.22. The Kier molecular flexibility index (Phi) is 4.75. The van der Waals surface area contributed by atoms with Crippen molar-refractivity contribution in [2.24, 2.45) is 0 Å². The summed E-state index contributed by atoms with van der Waals surface area (Å²) in [5.74, 6) is 0.0453. The van der Waals surface area contributed by atoms with E-state index in [1.165, 1.54) is 6.42 Å². The molecule has 4 nitrogen and oxygen atoms in total. The van der Waals surface area contributed by atoms with Crippen LogP contribution in [0.3, 0.4) is 0 Å². The van der Waals surface area contributed by atoms with Crippen LogP contribution in [0.4, 0.5) is 0 Å². The van der Waals surface area contributed by atoms with Crippen molar-refractivity contribution in [3.8, 4) is 0 Å². The van der Waals surface area contributed by atoms with Crippen LogP contribution >= 0.6 is 0 Å². The van der Waals surface area contributed by atoms with Gasteiger partial charge in [0.15, 0.2) is 0 Å². The van der Waals surface area contributed by atoms with Crippen LogP contribution < -0.4 is 5.32 Å². The van der Waals surface area contributed by atoms with E-state index in [0.29, 0.717) is 6.42 Å². The van der Waals surface area contributed by atoms with Crippen LogP contribution in [0.1, 0.15) is 58.3 Å². The molecule has 1 saturated carbocycles. The predicted molar refractivity (Wildman–Crippen MR) is 70.0 cm³/mol. The van der Waals surface area contributed by atoms with E-state index in [2.05, 4.69) is 12.2 Å². The van der Waals surface area contributed by atoms with Crippen LogP contribution in [0, 0.1) is 0 Å². The highest BCUT2D eigenvalue weighted by Crippen LogP contribution is 2.27. The van der Waals surface area contributed by atoms with Gasteiger partial charge >= 0.3 is 0 Å². The lowest BCUT2D eigenvalue weighted by Crippen LogP contribution is -2.44. The van der Waals surface area contributed by atoms with Gasteiger partial charge in [-0.2, -0.15) is 0 Å². The number of nitrogens with zero attached hydrogens (tertiary/aromatic N) is 1. The van der Waals surface area contributed by atoms with E-state index >= 15 is 0 Å². The van der Waals surface area contributed by atoms with E-state index in [9.17, 15) is 9.59 Å². The summed E-state index contributed by atoms with van der Waals surface area (Å²) in [6, 6.07) is -0.0808. The molecule has 1 heterocycles. The van der Waals surface area contributed by atoms with Crippen molar-refractivity contribution < 1.29 is 9.59 Å². The monoisotopic (exact) mass is 252 g/mol. The number of carbonyl (C=O) groups excluding carboxylic acids is 2. The van der Waals surface area contributed by atoms with Gasteiger partial charge in [-0.1, -0.05) is 32.6 Å². The van der Waals surface area contributed by atoms with Gasteiger partial charge in [-0.3, -0.25) is 14.5 Å². The highest BCUT2D eigenvalue weighted by Gasteiger charge is 2.41. The molecule has 2 aliphatic rings. The maximum absolute atomic E-state index is 12.3. The maximum Gasteiger partial charge on any atom is 0.247 e. The Morgan fingerprint density at radius 2 is 1.94 bits per heavy atom. The van der Waals surface area contributed by atoms with E-state index in [4.69, 9.17) is 0 Å². The molecule has 0 aromatic heterocycles. The Bertz CT molecular complexity index is 311. The normalized spacial score (nSPS) is 26.1. The molecule has 1 atom stereocenters. The Morgan fingerprint density at radius 3 is 2.61 bits per heavy atom. The number of hydrogen-bond acceptors (Lipinski definition) is 3. The van der Waals surface area contributed by atoms with Gasteiger partial charge in [0.25, 0.3) is 0 Å². The molecule has 1 aliphatic carbocycles. The lowest BCUT2D eigenvalue weighted by Gasteiger charge is -2.29. The smallest absolute Gasteiger partial charge is 0.247 e. The number of rotatable bonds is 5. The third-order valence-electron chi connectivity index (χ3n) is 4.04. The van der Waals surface area contributed by atoms with Crippen LogP contribution in [0.25, 0.3) is 0 Å². The molecule has 2 rings (SSSR count). The average molecular weight is 252 g/mol. The molecule has 2 amide bonds. The summed E-state index contributed by atoms with van der Waals surface area (Å²) in [5.41, 5.74) is 0. The van der Waals surface area contributed by atoms with Crippen LogP contribution in [-0.4, -0.2) is 35.3 Å². The van der Waals surface area contributed by atoms with Gasteiger partial charge < -0.3 is 5.32 Å². The molecule has 102 valence electrons. The molecule has 0 radical (unpaired) electrons. The quantitative estimate of drug-likeness (QED) is 0.600. The summed E-state index contributed by atoms with van der Waals surface area (Å²) in [7, 11) is 0. The number of hydrogen-bond donors (Lipinski definition) is 1. The molecule has 0 aromatic rings. The SMILES string of the molecule is CCCCNC1CC(=O)N(C2CCCCC2)C1=O. The lowest BCUT2D eigenvalue weighted by molar-refractivity contribution is -0.142. The summed E-state index contributed by atoms with van der Waals surface area (Å²) >= 11 is 0. The summed E-state index contributed by atoms with van der Waals surface area (Å²) in [6.07, 6.45) is 8.06. The van der Waals surface area contributed by atoms with Crippen molar-refractivity contribution in [2.45, 2.75) is 70.4 Å². The summed E-state index contributed by atoms with van der Waals surface area (Å²) in [6.45, 7) is 2.95. The zero-order chi connectivity index (χ0) is 13.0. The van der Waals surface area contributed by atoms with Crippen molar-refractivity contribution in [3.63, 3.8) is 0 Å². The minimum atomic E-state index is -0.258. The molecule has 1 aliphatic heterocycles. The number of amides is 2. The Labute approximate surface area is 109 Å². The van der Waals surface area contributed by atoms with Crippen LogP contribution in [-0.2, 0) is 9.59 Å². The first-order valence-electron chi connectivity index (χ1n) is 7.33. The third-order valence-corrected chi connectivity index (χ3v) is 4.04. The first kappa shape index (κ1) is 13.5. The van der Waals surface area contributed by atoms with Crippen molar-refractivity contribution in [1.82, 2.24) is 10.2 Å². The third kappa shape index (κ3) is 2.91. The summed E-state index contributed by atoms with van der Waals surface area (Å²) in [4.78, 5) is 25.8. The fraction of sp³-hybridized carbons (Fsp3) is 0.857. The van der Waals surface area contributed by atoms with Gasteiger partial charge in [-0.15, -0.1) is 0 Å². The van der Waals surface area contributed by atoms with Crippen molar-refractivity contribution in [1.29, 1.82) is 0 Å². The Morgan fingerprint density at radius 1 is 1.22 bits per heavy atom. The average Bonchev–Trinajstić information content (AvgIpc) is 2.66. The molecule has 4 heteroatoms. The second kappa shape index (κ2) is 6.32. The lowest BCUT2D eigenvalue weighted by atomic mass is 9.94. The van der Waals surface area contributed by atoms with E-state index in [0.717, 1.165) is 45.1 Å². The van der Waals surface area contributed by atoms with E-state index in [1.54, 1.807) is 4.90 Å². The maximum atomic E-state index is 12.3. The van der Waals surface area contributed by atoms with E-state index < -0.39 is 0 Å². The van der Waals surface area contributed by atoms with Gasteiger partial charge in [-0.05, 0) is 25.8 Å². The fourth-order valence-electron chi connectivity index (χ4n) is 2.99. The molecule has 0 spiro atoms. The number of unbranched alkanes of at least 4 members (excludes halogenated alkanes) is 1. The summed E-state index contributed by atoms with van der Waals surface area (Å²) < 4.78 is 0. The minimum Gasteiger partial charge on any atom is -0.305 e. The number of likely N-dealkylation sites (tertiary alicyclic amines) is 1. The van der Waals surface area contributed by atoms with Crippen molar-refractivity contribution in [2.75, 3.05) is 6.54 Å². The predicted octanol–water partition coefficient (Wildman–Crippen LogP) is 1.84. The zero-order valence-electron chi connectivity index (χ0n) is 11.3. The van der Waals surface area contributed by atoms with Gasteiger partial charge in [0.05, 0.1) is 12.5 Å². The molecule has 1 unspecified atom stereocenters. The molecule has 1 saturated heterocycles. The Balaban J connectivity index is 1.91. The fourth-order valence-corrected chi connectivity index (χ4v) is 2.99. The molecule has 0 aromatic carbocycles. The highest BCUT2D eigenvalue weighted by atomic mass is 16.2. The van der Waals surface area contributed by atoms with Crippen molar-refractivity contribution >= 4 is 11.8 Å². The highest BCUT2D eigenvalue weighted by molar-refractivity contribution is 6.05. The molecule has 18 heavy (non-hydrogen) atoms. The van der Waals surface area contributed by atoms with Crippen LogP contribution in [0.15, 0.2) is 0 Å². The van der Waals surface area contributed by atoms with Crippen LogP contribution in [0.5, 0.6) is 0 Å². The van der Waals surface area contributed by atoms with Gasteiger partial charge in [-0.25, -0.2) is 0 Å². The minimum absolute atomic E-state index is 0.0167. The van der Waals surface area contributed by atoms with Gasteiger partial charge in [0.1, 0.15) is 0 Å². The van der Waals surface area contributed by atoms with Crippen molar-refractivity contribution in [3.05, 3.63) is 0 Å². The largest absolute Gasteiger partial charge is 0.305 e. The molecule has 1 N–H and O–H groups in total. The second-order valence-electron chi connectivity index (χ2n) is 5.46. The number of imide groups is 1. The molecule has 0 bridgehead atoms. The van der Waals surface area contributed by atoms with Gasteiger partial charge in [0.2, 0.25) is 11.8 Å². The Hall–Kier alpha value is -0.900. The van der Waals surface area contributed by atoms with E-state index in [1.807, 2.05) is 0 Å². The van der Waals surface area contributed by atoms with E-state index in [-0.39, 0.29) is 23.9 Å². The first-order valence-corrected chi connectivity index (χ1v) is 7.33. The zero-order valence-corrected chi connectivity index (χ0v) is 11.3. The molecular formula is C14H24N2O2. The molecule has 2 fully saturated rings. The second-order valence-corrected chi connectivity index (χ2v) is 5.46. The standard InChI is InChI=1S/C14H24N2O2/c1-2-3-9-15-12-10-13(17)16(14(12)18)11-7-5-4-6-8-11/h11-12,15H,2-10H2,1H3. The van der Waals surface area contributed by atoms with Gasteiger partial charge in [0, 0.05) is 6.04 Å². The number of nitrogens with one attached hydrogen (secondary N) is 1.